The Labute approximate surface area is 113 Å². The van der Waals surface area contributed by atoms with Gasteiger partial charge in [0.15, 0.2) is 11.2 Å². The summed E-state index contributed by atoms with van der Waals surface area (Å²) in [6.07, 6.45) is 0. The first kappa shape index (κ1) is 12.2. The highest BCUT2D eigenvalue weighted by Gasteiger charge is 2.13. The second-order valence-electron chi connectivity index (χ2n) is 4.16. The molecule has 7 heteroatoms. The summed E-state index contributed by atoms with van der Waals surface area (Å²) >= 11 is 0. The molecule has 0 amide bonds. The molecule has 0 unspecified atom stereocenters. The molecule has 0 atom stereocenters. The van der Waals surface area contributed by atoms with Gasteiger partial charge < -0.3 is 15.5 Å². The number of imidazole rings is 1. The second kappa shape index (κ2) is 4.69. The van der Waals surface area contributed by atoms with Crippen molar-refractivity contribution in [3.05, 3.63) is 34.6 Å². The summed E-state index contributed by atoms with van der Waals surface area (Å²) < 4.78 is 5.55. The van der Waals surface area contributed by atoms with Gasteiger partial charge in [-0.15, -0.1) is 0 Å². The van der Waals surface area contributed by atoms with E-state index in [1.165, 1.54) is 0 Å². The van der Waals surface area contributed by atoms with Gasteiger partial charge in [0, 0.05) is 0 Å². The van der Waals surface area contributed by atoms with E-state index in [1.54, 1.807) is 0 Å². The molecule has 0 spiro atoms. The first-order valence-corrected chi connectivity index (χ1v) is 6.16. The van der Waals surface area contributed by atoms with E-state index < -0.39 is 0 Å². The molecule has 0 aliphatic heterocycles. The summed E-state index contributed by atoms with van der Waals surface area (Å²) in [5, 5.41) is 0. The molecular weight excluding hydrogens is 258 g/mol. The number of rotatable bonds is 3. The van der Waals surface area contributed by atoms with Crippen LogP contribution >= 0.6 is 0 Å². The molecule has 0 fully saturated rings. The predicted octanol–water partition coefficient (Wildman–Crippen LogP) is 1.29. The van der Waals surface area contributed by atoms with Gasteiger partial charge in [0.25, 0.3) is 5.56 Å². The van der Waals surface area contributed by atoms with Crippen molar-refractivity contribution >= 4 is 17.1 Å². The summed E-state index contributed by atoms with van der Waals surface area (Å²) in [4.78, 5) is 25.5. The van der Waals surface area contributed by atoms with Crippen molar-refractivity contribution in [3.8, 4) is 17.1 Å². The van der Waals surface area contributed by atoms with Gasteiger partial charge in [0.05, 0.1) is 12.2 Å². The monoisotopic (exact) mass is 271 g/mol. The van der Waals surface area contributed by atoms with Crippen LogP contribution in [-0.2, 0) is 0 Å². The molecule has 0 radical (unpaired) electrons. The van der Waals surface area contributed by atoms with E-state index >= 15 is 0 Å². The summed E-state index contributed by atoms with van der Waals surface area (Å²) in [5.41, 5.74) is 6.50. The topological polar surface area (TPSA) is 110 Å². The third-order valence-electron chi connectivity index (χ3n) is 2.82. The minimum atomic E-state index is -0.347. The van der Waals surface area contributed by atoms with E-state index in [1.807, 2.05) is 31.2 Å². The molecule has 0 bridgehead atoms. The average molecular weight is 271 g/mol. The van der Waals surface area contributed by atoms with Crippen molar-refractivity contribution in [1.82, 2.24) is 19.9 Å². The highest BCUT2D eigenvalue weighted by molar-refractivity contribution is 5.77. The molecular formula is C13H13N5O2. The standard InChI is InChI=1S/C13H13N5O2/c1-2-20-8-6-4-3-5-7(8)10-15-9-11(16-10)17-13(14)18-12(9)19/h3-6H,2H2,1H3,(H4,14,15,16,17,18,19). The summed E-state index contributed by atoms with van der Waals surface area (Å²) in [6, 6.07) is 7.45. The lowest BCUT2D eigenvalue weighted by Crippen LogP contribution is -2.10. The highest BCUT2D eigenvalue weighted by Crippen LogP contribution is 2.28. The Balaban J connectivity index is 2.20. The van der Waals surface area contributed by atoms with Crippen molar-refractivity contribution in [2.45, 2.75) is 6.92 Å². The van der Waals surface area contributed by atoms with Gasteiger partial charge in [-0.05, 0) is 19.1 Å². The maximum absolute atomic E-state index is 11.8. The molecule has 7 nitrogen and oxygen atoms in total. The zero-order valence-corrected chi connectivity index (χ0v) is 10.8. The van der Waals surface area contributed by atoms with E-state index in [0.717, 1.165) is 5.56 Å². The SMILES string of the molecule is CCOc1ccccc1-c1nc2nc(N)[nH]c(=O)c2[nH]1. The van der Waals surface area contributed by atoms with Gasteiger partial charge in [-0.2, -0.15) is 4.98 Å². The summed E-state index contributed by atoms with van der Waals surface area (Å²) in [5.74, 6) is 1.25. The molecule has 3 rings (SSSR count). The Morgan fingerprint density at radius 2 is 2.05 bits per heavy atom. The van der Waals surface area contributed by atoms with E-state index in [4.69, 9.17) is 10.5 Å². The van der Waals surface area contributed by atoms with Crippen molar-refractivity contribution in [1.29, 1.82) is 0 Å². The Morgan fingerprint density at radius 1 is 1.25 bits per heavy atom. The number of fused-ring (bicyclic) bond motifs is 1. The largest absolute Gasteiger partial charge is 0.493 e. The number of benzene rings is 1. The first-order chi connectivity index (χ1) is 9.69. The quantitative estimate of drug-likeness (QED) is 0.665. The summed E-state index contributed by atoms with van der Waals surface area (Å²) in [6.45, 7) is 2.45. The van der Waals surface area contributed by atoms with E-state index in [-0.39, 0.29) is 17.2 Å². The normalized spacial score (nSPS) is 10.8. The first-order valence-electron chi connectivity index (χ1n) is 6.16. The number of ether oxygens (including phenoxy) is 1. The number of para-hydroxylation sites is 1. The van der Waals surface area contributed by atoms with Gasteiger partial charge in [-0.25, -0.2) is 4.98 Å². The van der Waals surface area contributed by atoms with Gasteiger partial charge in [-0.1, -0.05) is 12.1 Å². The van der Waals surface area contributed by atoms with E-state index in [2.05, 4.69) is 19.9 Å². The molecule has 2 heterocycles. The molecule has 2 aromatic heterocycles. The Kier molecular flexibility index (Phi) is 2.86. The maximum Gasteiger partial charge on any atom is 0.278 e. The van der Waals surface area contributed by atoms with Crippen LogP contribution in [0.25, 0.3) is 22.6 Å². The van der Waals surface area contributed by atoms with Crippen LogP contribution in [0.2, 0.25) is 0 Å². The lowest BCUT2D eigenvalue weighted by atomic mass is 10.2. The number of nitrogen functional groups attached to an aromatic ring is 1. The van der Waals surface area contributed by atoms with Crippen LogP contribution in [0.5, 0.6) is 5.75 Å². The number of H-pyrrole nitrogens is 2. The number of nitrogens with two attached hydrogens (primary N) is 1. The van der Waals surface area contributed by atoms with Crippen LogP contribution in [0.3, 0.4) is 0 Å². The minimum absolute atomic E-state index is 0.0404. The van der Waals surface area contributed by atoms with Gasteiger partial charge in [0.1, 0.15) is 11.6 Å². The molecule has 0 aliphatic carbocycles. The molecule has 4 N–H and O–H groups in total. The number of anilines is 1. The average Bonchev–Trinajstić information content (AvgIpc) is 2.83. The Morgan fingerprint density at radius 3 is 2.85 bits per heavy atom. The maximum atomic E-state index is 11.8. The van der Waals surface area contributed by atoms with Crippen molar-refractivity contribution in [2.24, 2.45) is 0 Å². The molecule has 0 saturated heterocycles. The lowest BCUT2D eigenvalue weighted by Gasteiger charge is -2.07. The van der Waals surface area contributed by atoms with E-state index in [0.29, 0.717) is 23.7 Å². The fourth-order valence-electron chi connectivity index (χ4n) is 2.00. The van der Waals surface area contributed by atoms with Gasteiger partial charge in [-0.3, -0.25) is 9.78 Å². The zero-order valence-electron chi connectivity index (χ0n) is 10.8. The van der Waals surface area contributed by atoms with E-state index in [9.17, 15) is 4.79 Å². The highest BCUT2D eigenvalue weighted by atomic mass is 16.5. The van der Waals surface area contributed by atoms with Crippen LogP contribution in [0.1, 0.15) is 6.92 Å². The van der Waals surface area contributed by atoms with Crippen LogP contribution in [0, 0.1) is 0 Å². The number of nitrogens with one attached hydrogen (secondary N) is 2. The second-order valence-corrected chi connectivity index (χ2v) is 4.16. The summed E-state index contributed by atoms with van der Waals surface area (Å²) in [7, 11) is 0. The molecule has 102 valence electrons. The number of hydrogen-bond acceptors (Lipinski definition) is 5. The van der Waals surface area contributed by atoms with Gasteiger partial charge >= 0.3 is 0 Å². The number of aromatic nitrogens is 4. The lowest BCUT2D eigenvalue weighted by molar-refractivity contribution is 0.341. The molecule has 0 aliphatic rings. The Hall–Kier alpha value is -2.83. The van der Waals surface area contributed by atoms with Crippen LogP contribution in [0.15, 0.2) is 29.1 Å². The molecule has 0 saturated carbocycles. The number of hydrogen-bond donors (Lipinski definition) is 3. The fraction of sp³-hybridized carbons (Fsp3) is 0.154. The molecule has 20 heavy (non-hydrogen) atoms. The van der Waals surface area contributed by atoms with Crippen molar-refractivity contribution in [2.75, 3.05) is 12.3 Å². The number of aromatic amines is 2. The smallest absolute Gasteiger partial charge is 0.278 e. The van der Waals surface area contributed by atoms with Crippen LogP contribution in [0.4, 0.5) is 5.95 Å². The molecule has 1 aromatic carbocycles. The minimum Gasteiger partial charge on any atom is -0.493 e. The van der Waals surface area contributed by atoms with Crippen molar-refractivity contribution < 1.29 is 4.74 Å². The predicted molar refractivity (Wildman–Crippen MR) is 75.5 cm³/mol. The zero-order chi connectivity index (χ0) is 14.1. The third kappa shape index (κ3) is 1.99. The fourth-order valence-corrected chi connectivity index (χ4v) is 2.00. The van der Waals surface area contributed by atoms with Crippen LogP contribution < -0.4 is 16.0 Å². The molecule has 3 aromatic rings. The van der Waals surface area contributed by atoms with Gasteiger partial charge in [0.2, 0.25) is 5.95 Å². The third-order valence-corrected chi connectivity index (χ3v) is 2.82. The van der Waals surface area contributed by atoms with Crippen LogP contribution in [-0.4, -0.2) is 26.5 Å². The number of nitrogens with zero attached hydrogens (tertiary/aromatic N) is 2. The van der Waals surface area contributed by atoms with Crippen molar-refractivity contribution in [3.63, 3.8) is 0 Å². The Bertz CT molecular complexity index is 821.